The van der Waals surface area contributed by atoms with Crippen LogP contribution in [-0.4, -0.2) is 66.5 Å². The van der Waals surface area contributed by atoms with E-state index in [1.54, 1.807) is 4.90 Å². The topological polar surface area (TPSA) is 144 Å². The molecule has 52 heavy (non-hydrogen) atoms. The molecule has 3 N–H and O–H groups in total. The third-order valence-electron chi connectivity index (χ3n) is 8.90. The summed E-state index contributed by atoms with van der Waals surface area (Å²) in [7, 11) is 0. The maximum absolute atomic E-state index is 13.1. The van der Waals surface area contributed by atoms with Crippen LogP contribution in [0.5, 0.6) is 0 Å². The first-order valence-corrected chi connectivity index (χ1v) is 17.6. The Hall–Kier alpha value is -5.84. The van der Waals surface area contributed by atoms with E-state index in [-0.39, 0.29) is 32.2 Å². The van der Waals surface area contributed by atoms with Crippen LogP contribution in [0.3, 0.4) is 0 Å². The Bertz CT molecular complexity index is 1720. The second-order valence-corrected chi connectivity index (χ2v) is 12.6. The number of carbonyl (C=O) groups is 4. The minimum Gasteiger partial charge on any atom is -0.480 e. The van der Waals surface area contributed by atoms with Gasteiger partial charge in [-0.05, 0) is 65.5 Å². The molecule has 1 unspecified atom stereocenters. The fraction of sp³-hybridized carbons (Fsp3) is 0.317. The highest BCUT2D eigenvalue weighted by molar-refractivity contribution is 5.81. The van der Waals surface area contributed by atoms with E-state index in [1.165, 1.54) is 0 Å². The van der Waals surface area contributed by atoms with Crippen molar-refractivity contribution in [1.82, 2.24) is 15.5 Å². The lowest BCUT2D eigenvalue weighted by atomic mass is 9.98. The molecular formula is C41H45N3O8. The summed E-state index contributed by atoms with van der Waals surface area (Å²) in [5, 5.41) is 15.1. The van der Waals surface area contributed by atoms with Crippen LogP contribution in [0.1, 0.15) is 60.3 Å². The maximum Gasteiger partial charge on any atom is 0.410 e. The van der Waals surface area contributed by atoms with Gasteiger partial charge in [0.1, 0.15) is 25.9 Å². The molecule has 4 aromatic carbocycles. The average Bonchev–Trinajstić information content (AvgIpc) is 3.49. The van der Waals surface area contributed by atoms with Gasteiger partial charge in [-0.1, -0.05) is 109 Å². The molecular weight excluding hydrogens is 662 g/mol. The van der Waals surface area contributed by atoms with Gasteiger partial charge in [-0.25, -0.2) is 19.2 Å². The normalized spacial score (nSPS) is 12.2. The zero-order chi connectivity index (χ0) is 36.5. The van der Waals surface area contributed by atoms with Crippen molar-refractivity contribution >= 4 is 24.2 Å². The average molecular weight is 708 g/mol. The highest BCUT2D eigenvalue weighted by atomic mass is 16.6. The van der Waals surface area contributed by atoms with Gasteiger partial charge in [0, 0.05) is 25.6 Å². The smallest absolute Gasteiger partial charge is 0.410 e. The number of fused-ring (bicyclic) bond motifs is 3. The number of carbonyl (C=O) groups excluding carboxylic acids is 3. The van der Waals surface area contributed by atoms with Crippen molar-refractivity contribution in [2.24, 2.45) is 0 Å². The zero-order valence-electron chi connectivity index (χ0n) is 29.1. The van der Waals surface area contributed by atoms with E-state index >= 15 is 0 Å². The van der Waals surface area contributed by atoms with Crippen LogP contribution in [0.15, 0.2) is 109 Å². The number of amides is 3. The van der Waals surface area contributed by atoms with Crippen LogP contribution in [0.4, 0.5) is 14.4 Å². The molecule has 0 heterocycles. The second-order valence-electron chi connectivity index (χ2n) is 12.6. The van der Waals surface area contributed by atoms with Crippen LogP contribution < -0.4 is 10.6 Å². The van der Waals surface area contributed by atoms with E-state index in [4.69, 9.17) is 14.2 Å². The summed E-state index contributed by atoms with van der Waals surface area (Å²) in [5.41, 5.74) is 6.09. The zero-order valence-corrected chi connectivity index (χ0v) is 29.1. The SMILES string of the molecule is O=C(NCCCCN(CCCCC(NC(=O)OCC1c2ccccc2-c2ccccc21)C(=O)O)C(=O)OCc1ccccc1)OCc1ccccc1. The fourth-order valence-electron chi connectivity index (χ4n) is 6.19. The number of nitrogens with zero attached hydrogens (tertiary/aromatic N) is 1. The van der Waals surface area contributed by atoms with Crippen molar-refractivity contribution in [3.63, 3.8) is 0 Å². The first kappa shape index (κ1) is 37.4. The van der Waals surface area contributed by atoms with E-state index < -0.39 is 30.3 Å². The standard InChI is InChI=1S/C41H45N3O8/c45-38(46)37(43-40(48)51-29-36-34-21-9-7-19-32(34)33-20-8-10-22-35(33)36)23-11-13-25-44(41(49)52-28-31-17-5-2-6-18-31)26-14-12-24-42-39(47)50-27-30-15-3-1-4-16-30/h1-10,15-22,36-37H,11-14,23-29H2,(H,42,47)(H,43,48)(H,45,46). The first-order chi connectivity index (χ1) is 25.4. The molecule has 0 saturated carbocycles. The molecule has 0 saturated heterocycles. The second kappa shape index (κ2) is 19.5. The molecule has 0 spiro atoms. The van der Waals surface area contributed by atoms with Crippen molar-refractivity contribution in [1.29, 1.82) is 0 Å². The molecule has 11 heteroatoms. The number of hydrogen-bond donors (Lipinski definition) is 3. The number of unbranched alkanes of at least 4 members (excludes halogenated alkanes) is 2. The molecule has 0 fully saturated rings. The summed E-state index contributed by atoms with van der Waals surface area (Å²) in [6.45, 7) is 1.47. The molecule has 0 aromatic heterocycles. The number of aliphatic carboxylic acids is 1. The van der Waals surface area contributed by atoms with Crippen molar-refractivity contribution in [2.75, 3.05) is 26.2 Å². The molecule has 272 valence electrons. The van der Waals surface area contributed by atoms with E-state index in [2.05, 4.69) is 10.6 Å². The highest BCUT2D eigenvalue weighted by Crippen LogP contribution is 2.44. The molecule has 0 radical (unpaired) electrons. The summed E-state index contributed by atoms with van der Waals surface area (Å²) in [6, 6.07) is 33.6. The van der Waals surface area contributed by atoms with Gasteiger partial charge in [0.25, 0.3) is 0 Å². The summed E-state index contributed by atoms with van der Waals surface area (Å²) >= 11 is 0. The predicted molar refractivity (Wildman–Crippen MR) is 196 cm³/mol. The Morgan fingerprint density at radius 1 is 0.635 bits per heavy atom. The van der Waals surface area contributed by atoms with Gasteiger partial charge >= 0.3 is 24.2 Å². The van der Waals surface area contributed by atoms with Crippen LogP contribution in [0.25, 0.3) is 11.1 Å². The monoisotopic (exact) mass is 707 g/mol. The number of carboxylic acids is 1. The number of hydrogen-bond acceptors (Lipinski definition) is 7. The van der Waals surface area contributed by atoms with Crippen molar-refractivity contribution < 1.29 is 38.5 Å². The summed E-state index contributed by atoms with van der Waals surface area (Å²) in [5.74, 6) is -1.30. The quantitative estimate of drug-likeness (QED) is 0.0713. The first-order valence-electron chi connectivity index (χ1n) is 17.6. The lowest BCUT2D eigenvalue weighted by Crippen LogP contribution is -2.41. The van der Waals surface area contributed by atoms with Gasteiger partial charge in [0.2, 0.25) is 0 Å². The highest BCUT2D eigenvalue weighted by Gasteiger charge is 2.30. The van der Waals surface area contributed by atoms with Crippen LogP contribution in [0, 0.1) is 0 Å². The van der Waals surface area contributed by atoms with Crippen molar-refractivity contribution in [3.8, 4) is 11.1 Å². The van der Waals surface area contributed by atoms with Gasteiger partial charge in [-0.15, -0.1) is 0 Å². The van der Waals surface area contributed by atoms with Gasteiger partial charge in [-0.3, -0.25) is 0 Å². The molecule has 1 aliphatic carbocycles. The van der Waals surface area contributed by atoms with Crippen LogP contribution in [0.2, 0.25) is 0 Å². The Morgan fingerprint density at radius 2 is 1.17 bits per heavy atom. The third kappa shape index (κ3) is 11.1. The summed E-state index contributed by atoms with van der Waals surface area (Å²) in [6.07, 6.45) is 0.486. The van der Waals surface area contributed by atoms with Gasteiger partial charge in [0.15, 0.2) is 0 Å². The Morgan fingerprint density at radius 3 is 1.77 bits per heavy atom. The third-order valence-corrected chi connectivity index (χ3v) is 8.90. The molecule has 3 amide bonds. The lowest BCUT2D eigenvalue weighted by molar-refractivity contribution is -0.139. The van der Waals surface area contributed by atoms with Gasteiger partial charge in [0.05, 0.1) is 0 Å². The van der Waals surface area contributed by atoms with E-state index in [0.29, 0.717) is 45.3 Å². The van der Waals surface area contributed by atoms with Crippen molar-refractivity contribution in [3.05, 3.63) is 131 Å². The lowest BCUT2D eigenvalue weighted by Gasteiger charge is -2.23. The molecule has 5 rings (SSSR count). The van der Waals surface area contributed by atoms with Crippen LogP contribution in [-0.2, 0) is 32.2 Å². The number of rotatable bonds is 18. The number of benzene rings is 4. The molecule has 0 bridgehead atoms. The molecule has 1 aliphatic rings. The number of carboxylic acid groups (broad SMARTS) is 1. The Labute approximate surface area is 303 Å². The molecule has 4 aromatic rings. The molecule has 11 nitrogen and oxygen atoms in total. The number of nitrogens with one attached hydrogen (secondary N) is 2. The Kier molecular flexibility index (Phi) is 14.0. The Balaban J connectivity index is 1.05. The number of alkyl carbamates (subject to hydrolysis) is 2. The minimum absolute atomic E-state index is 0.0800. The van der Waals surface area contributed by atoms with E-state index in [9.17, 15) is 24.3 Å². The fourth-order valence-corrected chi connectivity index (χ4v) is 6.19. The van der Waals surface area contributed by atoms with Gasteiger partial charge in [-0.2, -0.15) is 0 Å². The summed E-state index contributed by atoms with van der Waals surface area (Å²) < 4.78 is 16.4. The van der Waals surface area contributed by atoms with E-state index in [1.807, 2.05) is 109 Å². The van der Waals surface area contributed by atoms with Gasteiger partial charge < -0.3 is 34.9 Å². The molecule has 0 aliphatic heterocycles. The minimum atomic E-state index is -1.16. The largest absolute Gasteiger partial charge is 0.480 e. The van der Waals surface area contributed by atoms with Crippen LogP contribution >= 0.6 is 0 Å². The number of ether oxygens (including phenoxy) is 3. The predicted octanol–water partition coefficient (Wildman–Crippen LogP) is 7.49. The summed E-state index contributed by atoms with van der Waals surface area (Å²) in [4.78, 5) is 51.6. The van der Waals surface area contributed by atoms with E-state index in [0.717, 1.165) is 33.4 Å². The maximum atomic E-state index is 13.1. The molecule has 1 atom stereocenters. The van der Waals surface area contributed by atoms with Crippen molar-refractivity contribution in [2.45, 2.75) is 57.3 Å².